The smallest absolute Gasteiger partial charge is 0.307 e. The molecule has 0 aliphatic heterocycles. The number of carbonyl (C=O) groups is 2. The lowest BCUT2D eigenvalue weighted by Gasteiger charge is -2.56. The van der Waals surface area contributed by atoms with Gasteiger partial charge in [0, 0.05) is 22.2 Å². The quantitative estimate of drug-likeness (QED) is 0.488. The highest BCUT2D eigenvalue weighted by Gasteiger charge is 2.50. The van der Waals surface area contributed by atoms with Gasteiger partial charge in [-0.15, -0.1) is 11.8 Å². The van der Waals surface area contributed by atoms with E-state index in [9.17, 15) is 9.59 Å². The highest BCUT2D eigenvalue weighted by molar-refractivity contribution is 7.99. The molecule has 0 aromatic heterocycles. The summed E-state index contributed by atoms with van der Waals surface area (Å²) in [5, 5.41) is 3.75. The van der Waals surface area contributed by atoms with E-state index in [-0.39, 0.29) is 24.9 Å². The molecule has 1 amide bonds. The van der Waals surface area contributed by atoms with E-state index in [2.05, 4.69) is 5.32 Å². The molecular formula is C22H28ClNO3S. The Balaban J connectivity index is 1.13. The second-order valence-corrected chi connectivity index (χ2v) is 10.5. The average molecular weight is 422 g/mol. The second kappa shape index (κ2) is 8.66. The van der Waals surface area contributed by atoms with Gasteiger partial charge in [-0.05, 0) is 86.0 Å². The summed E-state index contributed by atoms with van der Waals surface area (Å²) in [7, 11) is 0. The summed E-state index contributed by atoms with van der Waals surface area (Å²) in [4.78, 5) is 25.1. The summed E-state index contributed by atoms with van der Waals surface area (Å²) in [6, 6.07) is 7.51. The molecule has 0 heterocycles. The maximum absolute atomic E-state index is 12.2. The molecule has 0 unspecified atom stereocenters. The van der Waals surface area contributed by atoms with Gasteiger partial charge in [-0.1, -0.05) is 11.6 Å². The van der Waals surface area contributed by atoms with Crippen molar-refractivity contribution < 1.29 is 14.3 Å². The van der Waals surface area contributed by atoms with Crippen LogP contribution in [0, 0.1) is 23.2 Å². The lowest BCUT2D eigenvalue weighted by Crippen LogP contribution is -2.51. The molecule has 4 nitrogen and oxygen atoms in total. The largest absolute Gasteiger partial charge is 0.456 e. The van der Waals surface area contributed by atoms with Gasteiger partial charge in [0.15, 0.2) is 6.61 Å². The third-order valence-corrected chi connectivity index (χ3v) is 7.84. The number of hydrogen-bond acceptors (Lipinski definition) is 4. The third kappa shape index (κ3) is 5.04. The lowest BCUT2D eigenvalue weighted by atomic mass is 9.49. The van der Waals surface area contributed by atoms with Crippen LogP contribution in [0.3, 0.4) is 0 Å². The Kier molecular flexibility index (Phi) is 6.21. The van der Waals surface area contributed by atoms with Gasteiger partial charge in [0.05, 0.1) is 6.42 Å². The van der Waals surface area contributed by atoms with Gasteiger partial charge in [-0.3, -0.25) is 9.59 Å². The van der Waals surface area contributed by atoms with Crippen molar-refractivity contribution in [3.63, 3.8) is 0 Å². The SMILES string of the molecule is O=C(COC(=O)CCSc1ccc(Cl)cc1)NCC12CC3CC(CC(C3)C1)C2. The minimum Gasteiger partial charge on any atom is -0.456 e. The fourth-order valence-electron chi connectivity index (χ4n) is 5.84. The van der Waals surface area contributed by atoms with E-state index in [4.69, 9.17) is 16.3 Å². The topological polar surface area (TPSA) is 55.4 Å². The number of halogens is 1. The zero-order valence-corrected chi connectivity index (χ0v) is 17.7. The molecule has 1 aromatic carbocycles. The molecule has 152 valence electrons. The predicted octanol–water partition coefficient (Wildman–Crippen LogP) is 4.70. The van der Waals surface area contributed by atoms with E-state index in [0.29, 0.717) is 16.2 Å². The Morgan fingerprint density at radius 3 is 2.29 bits per heavy atom. The van der Waals surface area contributed by atoms with Crippen molar-refractivity contribution in [2.75, 3.05) is 18.9 Å². The van der Waals surface area contributed by atoms with Gasteiger partial charge in [0.25, 0.3) is 5.91 Å². The summed E-state index contributed by atoms with van der Waals surface area (Å²) < 4.78 is 5.15. The summed E-state index contributed by atoms with van der Waals surface area (Å²) in [6.45, 7) is 0.579. The molecule has 28 heavy (non-hydrogen) atoms. The number of esters is 1. The normalized spacial score (nSPS) is 30.2. The minimum atomic E-state index is -0.327. The van der Waals surface area contributed by atoms with E-state index in [1.54, 1.807) is 11.8 Å². The standard InChI is InChI=1S/C22H28ClNO3S/c23-18-1-3-19(4-2-18)28-6-5-21(26)27-13-20(25)24-14-22-10-15-7-16(11-22)9-17(8-15)12-22/h1-4,15-17H,5-14H2,(H,24,25). The highest BCUT2D eigenvalue weighted by atomic mass is 35.5. The van der Waals surface area contributed by atoms with Crippen LogP contribution in [0.1, 0.15) is 44.9 Å². The van der Waals surface area contributed by atoms with Crippen molar-refractivity contribution in [3.05, 3.63) is 29.3 Å². The van der Waals surface area contributed by atoms with Crippen LogP contribution < -0.4 is 5.32 Å². The molecule has 5 rings (SSSR count). The zero-order chi connectivity index (χ0) is 19.6. The van der Waals surface area contributed by atoms with Crippen molar-refractivity contribution in [2.45, 2.75) is 49.8 Å². The van der Waals surface area contributed by atoms with Gasteiger partial charge in [0.1, 0.15) is 0 Å². The van der Waals surface area contributed by atoms with Crippen LogP contribution >= 0.6 is 23.4 Å². The fourth-order valence-corrected chi connectivity index (χ4v) is 6.80. The molecule has 4 aliphatic rings. The zero-order valence-electron chi connectivity index (χ0n) is 16.1. The van der Waals surface area contributed by atoms with Crippen molar-refractivity contribution in [2.24, 2.45) is 23.2 Å². The summed E-state index contributed by atoms with van der Waals surface area (Å²) in [5.41, 5.74) is 0.309. The van der Waals surface area contributed by atoms with Gasteiger partial charge < -0.3 is 10.1 Å². The minimum absolute atomic E-state index is 0.170. The second-order valence-electron chi connectivity index (χ2n) is 8.91. The Bertz CT molecular complexity index is 686. The maximum Gasteiger partial charge on any atom is 0.307 e. The van der Waals surface area contributed by atoms with Crippen LogP contribution in [0.4, 0.5) is 0 Å². The van der Waals surface area contributed by atoms with Gasteiger partial charge in [-0.2, -0.15) is 0 Å². The van der Waals surface area contributed by atoms with Crippen LogP contribution in [0.5, 0.6) is 0 Å². The molecule has 4 bridgehead atoms. The number of carbonyl (C=O) groups excluding carboxylic acids is 2. The van der Waals surface area contributed by atoms with Gasteiger partial charge in [0.2, 0.25) is 0 Å². The summed E-state index contributed by atoms with van der Waals surface area (Å²) in [5.74, 6) is 2.74. The summed E-state index contributed by atoms with van der Waals surface area (Å²) >= 11 is 7.43. The Labute approximate surface area is 176 Å². The number of thioether (sulfide) groups is 1. The molecule has 1 N–H and O–H groups in total. The molecule has 0 spiro atoms. The number of nitrogens with one attached hydrogen (secondary N) is 1. The van der Waals surface area contributed by atoms with Crippen LogP contribution in [0.2, 0.25) is 5.02 Å². The number of ether oxygens (including phenoxy) is 1. The highest BCUT2D eigenvalue weighted by Crippen LogP contribution is 2.59. The molecule has 0 saturated heterocycles. The number of hydrogen-bond donors (Lipinski definition) is 1. The van der Waals surface area contributed by atoms with Crippen molar-refractivity contribution in [1.82, 2.24) is 5.32 Å². The first-order chi connectivity index (χ1) is 13.5. The van der Waals surface area contributed by atoms with Crippen LogP contribution in [-0.4, -0.2) is 30.8 Å². The number of amides is 1. The molecule has 1 aromatic rings. The maximum atomic E-state index is 12.2. The number of rotatable bonds is 8. The Hall–Kier alpha value is -1.20. The number of benzene rings is 1. The molecule has 0 atom stereocenters. The first-order valence-corrected chi connectivity index (χ1v) is 11.7. The van der Waals surface area contributed by atoms with Crippen LogP contribution in [-0.2, 0) is 14.3 Å². The van der Waals surface area contributed by atoms with Crippen molar-refractivity contribution >= 4 is 35.2 Å². The lowest BCUT2D eigenvalue weighted by molar-refractivity contribution is -0.148. The molecule has 0 radical (unpaired) electrons. The molecule has 4 fully saturated rings. The summed E-state index contributed by atoms with van der Waals surface area (Å²) in [6.07, 6.45) is 8.29. The van der Waals surface area contributed by atoms with E-state index in [1.165, 1.54) is 38.5 Å². The van der Waals surface area contributed by atoms with E-state index in [1.807, 2.05) is 24.3 Å². The van der Waals surface area contributed by atoms with Crippen LogP contribution in [0.15, 0.2) is 29.2 Å². The molecule has 4 saturated carbocycles. The predicted molar refractivity (Wildman–Crippen MR) is 111 cm³/mol. The van der Waals surface area contributed by atoms with E-state index < -0.39 is 0 Å². The molecule has 4 aliphatic carbocycles. The van der Waals surface area contributed by atoms with Crippen molar-refractivity contribution in [1.29, 1.82) is 0 Å². The molecular weight excluding hydrogens is 394 g/mol. The first kappa shape index (κ1) is 20.1. The Morgan fingerprint density at radius 2 is 1.68 bits per heavy atom. The fraction of sp³-hybridized carbons (Fsp3) is 0.636. The Morgan fingerprint density at radius 1 is 1.07 bits per heavy atom. The van der Waals surface area contributed by atoms with Gasteiger partial charge >= 0.3 is 5.97 Å². The van der Waals surface area contributed by atoms with E-state index >= 15 is 0 Å². The third-order valence-electron chi connectivity index (χ3n) is 6.58. The molecule has 6 heteroatoms. The van der Waals surface area contributed by atoms with E-state index in [0.717, 1.165) is 29.2 Å². The van der Waals surface area contributed by atoms with Crippen molar-refractivity contribution in [3.8, 4) is 0 Å². The average Bonchev–Trinajstić information content (AvgIpc) is 2.65. The van der Waals surface area contributed by atoms with Gasteiger partial charge in [-0.25, -0.2) is 0 Å². The first-order valence-electron chi connectivity index (χ1n) is 10.3. The monoisotopic (exact) mass is 421 g/mol. The van der Waals surface area contributed by atoms with Crippen LogP contribution in [0.25, 0.3) is 0 Å².